The molecule has 2 heterocycles. The molecule has 0 atom stereocenters. The van der Waals surface area contributed by atoms with Crippen LogP contribution in [-0.4, -0.2) is 51.3 Å². The number of aromatic amines is 1. The van der Waals surface area contributed by atoms with Gasteiger partial charge in [-0.05, 0) is 44.6 Å². The second-order valence-corrected chi connectivity index (χ2v) is 9.41. The van der Waals surface area contributed by atoms with E-state index in [4.69, 9.17) is 27.1 Å². The Labute approximate surface area is 216 Å². The predicted molar refractivity (Wildman–Crippen MR) is 147 cm³/mol. The van der Waals surface area contributed by atoms with Gasteiger partial charge >= 0.3 is 0 Å². The number of hydrogen-bond donors (Lipinski definition) is 6. The zero-order chi connectivity index (χ0) is 26.6. The van der Waals surface area contributed by atoms with Gasteiger partial charge in [-0.1, -0.05) is 51.4 Å². The van der Waals surface area contributed by atoms with E-state index in [-0.39, 0.29) is 5.95 Å². The van der Waals surface area contributed by atoms with Gasteiger partial charge in [0.05, 0.1) is 0 Å². The van der Waals surface area contributed by atoms with Gasteiger partial charge in [0.15, 0.2) is 5.82 Å². The van der Waals surface area contributed by atoms with Crippen LogP contribution in [0.5, 0.6) is 0 Å². The molecule has 3 aliphatic carbocycles. The molecule has 0 aromatic carbocycles. The lowest BCUT2D eigenvalue weighted by atomic mass is 9.97. The molecule has 3 fully saturated rings. The van der Waals surface area contributed by atoms with Crippen molar-refractivity contribution in [1.29, 1.82) is 0 Å². The van der Waals surface area contributed by atoms with Crippen molar-refractivity contribution in [3.05, 3.63) is 24.0 Å². The van der Waals surface area contributed by atoms with Crippen LogP contribution >= 0.6 is 0 Å². The largest absolute Gasteiger partial charge is 0.400 e. The summed E-state index contributed by atoms with van der Waals surface area (Å²) < 4.78 is 0. The summed E-state index contributed by atoms with van der Waals surface area (Å²) in [5.74, 6) is 2.32. The van der Waals surface area contributed by atoms with E-state index in [1.165, 1.54) is 95.6 Å². The lowest BCUT2D eigenvalue weighted by molar-refractivity contribution is -0.0980. The summed E-state index contributed by atoms with van der Waals surface area (Å²) in [6.07, 6.45) is 20.1. The minimum absolute atomic E-state index is 0.256. The first kappa shape index (κ1) is 31.5. The minimum Gasteiger partial charge on any atom is -0.400 e. The Bertz CT molecular complexity index is 770. The molecule has 36 heavy (non-hydrogen) atoms. The number of hydrogen-bond acceptors (Lipinski definition) is 9. The number of nitrogens with zero attached hydrogens (tertiary/aromatic N) is 3. The SMILES string of the molecule is C=O.CO.NC1CCCCC1.NC1CCCCC1.Nc1nccc(Nc2cc(C3CCCC3)[nH]n2)n1. The van der Waals surface area contributed by atoms with Gasteiger partial charge < -0.3 is 32.4 Å². The highest BCUT2D eigenvalue weighted by molar-refractivity contribution is 5.52. The van der Waals surface area contributed by atoms with E-state index in [1.54, 1.807) is 12.3 Å². The summed E-state index contributed by atoms with van der Waals surface area (Å²) in [5.41, 5.74) is 18.0. The van der Waals surface area contributed by atoms with Gasteiger partial charge in [0, 0.05) is 43.1 Å². The number of aliphatic hydroxyl groups excluding tert-OH is 1. The van der Waals surface area contributed by atoms with Crippen molar-refractivity contribution in [3.8, 4) is 0 Å². The Hall–Kier alpha value is -2.56. The molecule has 0 saturated heterocycles. The maximum atomic E-state index is 8.00. The van der Waals surface area contributed by atoms with Crippen molar-refractivity contribution < 1.29 is 9.90 Å². The first-order valence-electron chi connectivity index (χ1n) is 13.3. The number of anilines is 3. The normalized spacial score (nSPS) is 18.1. The molecule has 0 spiro atoms. The number of aliphatic hydroxyl groups is 1. The summed E-state index contributed by atoms with van der Waals surface area (Å²) in [4.78, 5) is 15.9. The smallest absolute Gasteiger partial charge is 0.221 e. The molecular formula is C26H48N8O2. The summed E-state index contributed by atoms with van der Waals surface area (Å²) in [5, 5.41) is 17.5. The van der Waals surface area contributed by atoms with Crippen LogP contribution in [0.15, 0.2) is 18.3 Å². The third-order valence-corrected chi connectivity index (χ3v) is 6.62. The van der Waals surface area contributed by atoms with Gasteiger partial charge in [-0.15, -0.1) is 0 Å². The van der Waals surface area contributed by atoms with Crippen LogP contribution < -0.4 is 22.5 Å². The fraction of sp³-hybridized carbons (Fsp3) is 0.692. The minimum atomic E-state index is 0.256. The maximum absolute atomic E-state index is 8.00. The highest BCUT2D eigenvalue weighted by Crippen LogP contribution is 2.33. The second kappa shape index (κ2) is 19.6. The zero-order valence-electron chi connectivity index (χ0n) is 22.0. The predicted octanol–water partition coefficient (Wildman–Crippen LogP) is 4.16. The molecule has 10 heteroatoms. The molecule has 204 valence electrons. The van der Waals surface area contributed by atoms with Crippen LogP contribution in [0.2, 0.25) is 0 Å². The van der Waals surface area contributed by atoms with Crippen LogP contribution in [-0.2, 0) is 4.79 Å². The number of carbonyl (C=O) groups is 1. The Balaban J connectivity index is 0.000000297. The van der Waals surface area contributed by atoms with E-state index in [0.717, 1.165) is 12.9 Å². The van der Waals surface area contributed by atoms with Crippen molar-refractivity contribution in [2.75, 3.05) is 18.2 Å². The number of nitrogens with one attached hydrogen (secondary N) is 2. The van der Waals surface area contributed by atoms with Crippen molar-refractivity contribution in [2.45, 2.75) is 108 Å². The number of rotatable bonds is 3. The molecule has 0 bridgehead atoms. The quantitative estimate of drug-likeness (QED) is 0.357. The van der Waals surface area contributed by atoms with Crippen LogP contribution in [0.3, 0.4) is 0 Å². The average Bonchev–Trinajstić information content (AvgIpc) is 3.61. The molecule has 0 radical (unpaired) electrons. The van der Waals surface area contributed by atoms with Gasteiger partial charge in [0.1, 0.15) is 12.6 Å². The number of aromatic nitrogens is 4. The van der Waals surface area contributed by atoms with Gasteiger partial charge in [-0.2, -0.15) is 10.1 Å². The summed E-state index contributed by atoms with van der Waals surface area (Å²) >= 11 is 0. The highest BCUT2D eigenvalue weighted by atomic mass is 16.2. The van der Waals surface area contributed by atoms with Gasteiger partial charge in [0.2, 0.25) is 5.95 Å². The first-order valence-corrected chi connectivity index (χ1v) is 13.3. The fourth-order valence-corrected chi connectivity index (χ4v) is 4.69. The Morgan fingerprint density at radius 2 is 1.36 bits per heavy atom. The summed E-state index contributed by atoms with van der Waals surface area (Å²) in [6.45, 7) is 2.00. The number of nitrogens with two attached hydrogens (primary N) is 3. The van der Waals surface area contributed by atoms with Crippen molar-refractivity contribution in [1.82, 2.24) is 20.2 Å². The van der Waals surface area contributed by atoms with Crippen LogP contribution in [0, 0.1) is 0 Å². The van der Waals surface area contributed by atoms with Crippen molar-refractivity contribution >= 4 is 24.4 Å². The average molecular weight is 505 g/mol. The van der Waals surface area contributed by atoms with Crippen LogP contribution in [0.1, 0.15) is 102 Å². The molecule has 0 amide bonds. The maximum Gasteiger partial charge on any atom is 0.221 e. The van der Waals surface area contributed by atoms with E-state index in [1.807, 2.05) is 12.9 Å². The summed E-state index contributed by atoms with van der Waals surface area (Å²) in [7, 11) is 1.00. The molecule has 10 nitrogen and oxygen atoms in total. The van der Waals surface area contributed by atoms with E-state index >= 15 is 0 Å². The monoisotopic (exact) mass is 504 g/mol. The topological polar surface area (TPSA) is 182 Å². The molecule has 0 aliphatic heterocycles. The second-order valence-electron chi connectivity index (χ2n) is 9.41. The molecular weight excluding hydrogens is 456 g/mol. The van der Waals surface area contributed by atoms with E-state index < -0.39 is 0 Å². The molecule has 3 saturated carbocycles. The fourth-order valence-electron chi connectivity index (χ4n) is 4.69. The lowest BCUT2D eigenvalue weighted by Gasteiger charge is -2.15. The van der Waals surface area contributed by atoms with Gasteiger partial charge in [0.25, 0.3) is 0 Å². The standard InChI is InChI=1S/C12H16N6.2C6H13N.CH4O.CH2O/c13-12-14-6-5-10(16-12)15-11-7-9(17-18-11)8-3-1-2-4-8;2*7-6-4-2-1-3-5-6;2*1-2/h5-8H,1-4H2,(H4,13,14,15,16,17,18);2*6H,1-5,7H2;2H,1H3;1H2. The van der Waals surface area contributed by atoms with Crippen LogP contribution in [0.25, 0.3) is 0 Å². The molecule has 2 aromatic rings. The third kappa shape index (κ3) is 12.9. The highest BCUT2D eigenvalue weighted by Gasteiger charge is 2.19. The number of H-pyrrole nitrogens is 1. The van der Waals surface area contributed by atoms with E-state index in [0.29, 0.717) is 23.8 Å². The first-order chi connectivity index (χ1) is 17.6. The van der Waals surface area contributed by atoms with Gasteiger partial charge in [-0.25, -0.2) is 4.98 Å². The molecule has 0 unspecified atom stereocenters. The summed E-state index contributed by atoms with van der Waals surface area (Å²) in [6, 6.07) is 4.89. The van der Waals surface area contributed by atoms with Crippen LogP contribution in [0.4, 0.5) is 17.6 Å². The number of carbonyl (C=O) groups excluding carboxylic acids is 1. The Morgan fingerprint density at radius 3 is 1.81 bits per heavy atom. The lowest BCUT2D eigenvalue weighted by Crippen LogP contribution is -2.22. The Kier molecular flexibility index (Phi) is 17.1. The molecule has 9 N–H and O–H groups in total. The molecule has 3 aliphatic rings. The third-order valence-electron chi connectivity index (χ3n) is 6.62. The van der Waals surface area contributed by atoms with Crippen molar-refractivity contribution in [2.24, 2.45) is 11.5 Å². The van der Waals surface area contributed by atoms with E-state index in [2.05, 4.69) is 25.5 Å². The van der Waals surface area contributed by atoms with Gasteiger partial charge in [-0.3, -0.25) is 5.10 Å². The molecule has 5 rings (SSSR count). The molecule has 2 aromatic heterocycles. The number of nitrogen functional groups attached to an aromatic ring is 1. The zero-order valence-corrected chi connectivity index (χ0v) is 22.0. The van der Waals surface area contributed by atoms with Crippen molar-refractivity contribution in [3.63, 3.8) is 0 Å². The Morgan fingerprint density at radius 1 is 0.861 bits per heavy atom. The van der Waals surface area contributed by atoms with E-state index in [9.17, 15) is 0 Å².